The van der Waals surface area contributed by atoms with Crippen LogP contribution < -0.4 is 14.4 Å². The Morgan fingerprint density at radius 2 is 1.77 bits per heavy atom. The molecule has 0 fully saturated rings. The number of aryl methyl sites for hydroxylation is 1. The van der Waals surface area contributed by atoms with E-state index in [4.69, 9.17) is 27.9 Å². The van der Waals surface area contributed by atoms with Crippen molar-refractivity contribution < 1.29 is 27.7 Å². The van der Waals surface area contributed by atoms with Crippen LogP contribution in [0.15, 0.2) is 65.6 Å². The Morgan fingerprint density at radius 3 is 2.40 bits per heavy atom. The van der Waals surface area contributed by atoms with Gasteiger partial charge >= 0.3 is 0 Å². The summed E-state index contributed by atoms with van der Waals surface area (Å²) < 4.78 is 34.5. The van der Waals surface area contributed by atoms with Crippen LogP contribution in [0.1, 0.15) is 31.4 Å². The maximum atomic E-state index is 14.1. The molecule has 0 spiro atoms. The van der Waals surface area contributed by atoms with Gasteiger partial charge in [-0.3, -0.25) is 24.0 Å². The molecule has 0 aliphatic carbocycles. The van der Waals surface area contributed by atoms with Gasteiger partial charge in [0.2, 0.25) is 11.8 Å². The molecule has 0 aliphatic heterocycles. The Hall–Kier alpha value is -3.87. The number of nitro groups is 1. The number of carbonyl (C=O) groups is 2. The number of anilines is 1. The Bertz CT molecular complexity index is 1620. The third-order valence-electron chi connectivity index (χ3n) is 6.61. The molecule has 0 heterocycles. The molecule has 0 saturated carbocycles. The van der Waals surface area contributed by atoms with Crippen molar-refractivity contribution in [3.05, 3.63) is 92.0 Å². The summed E-state index contributed by atoms with van der Waals surface area (Å²) in [6.07, 6.45) is 0.671. The zero-order valence-electron chi connectivity index (χ0n) is 24.0. The zero-order valence-corrected chi connectivity index (χ0v) is 26.4. The van der Waals surface area contributed by atoms with E-state index in [1.165, 1.54) is 56.2 Å². The summed E-state index contributed by atoms with van der Waals surface area (Å²) in [5.41, 5.74) is 0.387. The quantitative estimate of drug-likeness (QED) is 0.194. The molecule has 0 radical (unpaired) electrons. The zero-order chi connectivity index (χ0) is 31.9. The highest BCUT2D eigenvalue weighted by Gasteiger charge is 2.35. The number of nitro benzene ring substituents is 1. The van der Waals surface area contributed by atoms with Gasteiger partial charge in [-0.05, 0) is 62.2 Å². The molecule has 3 aromatic rings. The van der Waals surface area contributed by atoms with Crippen LogP contribution in [-0.4, -0.2) is 56.3 Å². The van der Waals surface area contributed by atoms with Crippen LogP contribution in [0.3, 0.4) is 0 Å². The summed E-state index contributed by atoms with van der Waals surface area (Å²) in [5.74, 6) is -1.08. The number of amides is 2. The van der Waals surface area contributed by atoms with Gasteiger partial charge in [-0.25, -0.2) is 8.42 Å². The number of sulfonamides is 1. The molecule has 1 atom stereocenters. The van der Waals surface area contributed by atoms with Gasteiger partial charge in [0.25, 0.3) is 15.7 Å². The van der Waals surface area contributed by atoms with Crippen molar-refractivity contribution in [2.45, 2.75) is 44.7 Å². The Morgan fingerprint density at radius 1 is 1.07 bits per heavy atom. The minimum absolute atomic E-state index is 0.0589. The first-order valence-electron chi connectivity index (χ1n) is 13.2. The van der Waals surface area contributed by atoms with Crippen molar-refractivity contribution in [3.63, 3.8) is 0 Å². The van der Waals surface area contributed by atoms with Crippen LogP contribution in [0.4, 0.5) is 11.4 Å². The van der Waals surface area contributed by atoms with Crippen molar-refractivity contribution in [1.82, 2.24) is 10.2 Å². The van der Waals surface area contributed by atoms with E-state index in [0.29, 0.717) is 23.6 Å². The van der Waals surface area contributed by atoms with E-state index in [9.17, 15) is 28.1 Å². The van der Waals surface area contributed by atoms with E-state index in [2.05, 4.69) is 5.32 Å². The van der Waals surface area contributed by atoms with Crippen LogP contribution in [0, 0.1) is 17.0 Å². The Labute approximate surface area is 260 Å². The van der Waals surface area contributed by atoms with E-state index in [0.717, 1.165) is 10.4 Å². The molecule has 43 heavy (non-hydrogen) atoms. The average molecular weight is 652 g/mol. The maximum absolute atomic E-state index is 14.1. The second kappa shape index (κ2) is 14.5. The van der Waals surface area contributed by atoms with Crippen molar-refractivity contribution in [2.75, 3.05) is 24.5 Å². The molecule has 0 aliphatic rings. The predicted molar refractivity (Wildman–Crippen MR) is 165 cm³/mol. The molecule has 230 valence electrons. The molecule has 1 N–H and O–H groups in total. The summed E-state index contributed by atoms with van der Waals surface area (Å²) in [6, 6.07) is 13.4. The largest absolute Gasteiger partial charge is 0.495 e. The first-order valence-corrected chi connectivity index (χ1v) is 15.4. The number of methoxy groups -OCH3 is 1. The highest BCUT2D eigenvalue weighted by Crippen LogP contribution is 2.36. The second-order valence-corrected chi connectivity index (χ2v) is 12.4. The van der Waals surface area contributed by atoms with Gasteiger partial charge < -0.3 is 15.0 Å². The molecule has 0 bridgehead atoms. The lowest BCUT2D eigenvalue weighted by Gasteiger charge is -2.32. The van der Waals surface area contributed by atoms with Crippen molar-refractivity contribution in [3.8, 4) is 5.75 Å². The van der Waals surface area contributed by atoms with E-state index in [-0.39, 0.29) is 28.6 Å². The fourth-order valence-electron chi connectivity index (χ4n) is 4.26. The Balaban J connectivity index is 2.15. The minimum atomic E-state index is -4.62. The smallest absolute Gasteiger partial charge is 0.273 e. The first kappa shape index (κ1) is 33.6. The number of carbonyl (C=O) groups excluding carboxylic acids is 2. The summed E-state index contributed by atoms with van der Waals surface area (Å²) in [6.45, 7) is 4.44. The van der Waals surface area contributed by atoms with Crippen molar-refractivity contribution in [2.24, 2.45) is 0 Å². The lowest BCUT2D eigenvalue weighted by molar-refractivity contribution is -0.385. The topological polar surface area (TPSA) is 139 Å². The highest BCUT2D eigenvalue weighted by atomic mass is 35.5. The molecule has 11 nitrogen and oxygen atoms in total. The fraction of sp³-hybridized carbons (Fsp3) is 0.310. The van der Waals surface area contributed by atoms with E-state index in [1.807, 2.05) is 6.92 Å². The molecular weight excluding hydrogens is 619 g/mol. The fourth-order valence-corrected chi connectivity index (χ4v) is 6.07. The average Bonchev–Trinajstić information content (AvgIpc) is 2.96. The van der Waals surface area contributed by atoms with Crippen molar-refractivity contribution in [1.29, 1.82) is 0 Å². The summed E-state index contributed by atoms with van der Waals surface area (Å²) in [4.78, 5) is 38.8. The number of hydrogen-bond donors (Lipinski definition) is 1. The van der Waals surface area contributed by atoms with E-state index >= 15 is 0 Å². The van der Waals surface area contributed by atoms with Gasteiger partial charge in [0.05, 0.1) is 22.6 Å². The Kier molecular flexibility index (Phi) is 11.4. The number of nitrogens with one attached hydrogen (secondary N) is 1. The van der Waals surface area contributed by atoms with E-state index < -0.39 is 49.9 Å². The standard InChI is InChI=1S/C29H32Cl2N4O7S/c1-5-13-32-29(37)20(3)33(17-21-7-6-8-22(30)14-21)28(36)18-34(26-15-23(31)10-12-27(26)42-4)43(40,41)24-11-9-19(2)25(16-24)35(38)39/h6-12,14-16,20H,5,13,17-18H2,1-4H3,(H,32,37)/t20-/m0/s1. The summed E-state index contributed by atoms with van der Waals surface area (Å²) in [5, 5.41) is 14.9. The molecule has 0 saturated heterocycles. The number of benzene rings is 3. The monoisotopic (exact) mass is 650 g/mol. The molecule has 0 unspecified atom stereocenters. The number of nitrogens with zero attached hydrogens (tertiary/aromatic N) is 3. The molecule has 3 rings (SSSR count). The molecular formula is C29H32Cl2N4O7S. The SMILES string of the molecule is CCCNC(=O)[C@H](C)N(Cc1cccc(Cl)c1)C(=O)CN(c1cc(Cl)ccc1OC)S(=O)(=O)c1ccc(C)c([N+](=O)[O-])c1. The minimum Gasteiger partial charge on any atom is -0.495 e. The first-order chi connectivity index (χ1) is 20.3. The maximum Gasteiger partial charge on any atom is 0.273 e. The third-order valence-corrected chi connectivity index (χ3v) is 8.84. The van der Waals surface area contributed by atoms with Gasteiger partial charge in [-0.1, -0.05) is 48.3 Å². The predicted octanol–water partition coefficient (Wildman–Crippen LogP) is 5.36. The normalized spacial score (nSPS) is 11.9. The number of ether oxygens (including phenoxy) is 1. The molecule has 2 amide bonds. The van der Waals surface area contributed by atoms with Crippen LogP contribution >= 0.6 is 23.2 Å². The van der Waals surface area contributed by atoms with Gasteiger partial charge in [-0.15, -0.1) is 0 Å². The summed E-state index contributed by atoms with van der Waals surface area (Å²) in [7, 11) is -3.30. The second-order valence-electron chi connectivity index (χ2n) is 9.65. The van der Waals surface area contributed by atoms with Crippen molar-refractivity contribution >= 4 is 56.4 Å². The van der Waals surface area contributed by atoms with Crippen LogP contribution in [-0.2, 0) is 26.2 Å². The van der Waals surface area contributed by atoms with Crippen LogP contribution in [0.2, 0.25) is 10.0 Å². The molecule has 14 heteroatoms. The number of rotatable bonds is 13. The molecule has 3 aromatic carbocycles. The lowest BCUT2D eigenvalue weighted by Crippen LogP contribution is -2.51. The third kappa shape index (κ3) is 8.15. The highest BCUT2D eigenvalue weighted by molar-refractivity contribution is 7.92. The summed E-state index contributed by atoms with van der Waals surface area (Å²) >= 11 is 12.4. The number of halogens is 2. The van der Waals surface area contributed by atoms with Gasteiger partial charge in [0.1, 0.15) is 18.3 Å². The van der Waals surface area contributed by atoms with Crippen LogP contribution in [0.5, 0.6) is 5.75 Å². The number of hydrogen-bond acceptors (Lipinski definition) is 7. The van der Waals surface area contributed by atoms with Gasteiger partial charge in [0.15, 0.2) is 0 Å². The van der Waals surface area contributed by atoms with Gasteiger partial charge in [-0.2, -0.15) is 0 Å². The van der Waals surface area contributed by atoms with Crippen LogP contribution in [0.25, 0.3) is 0 Å². The van der Waals surface area contributed by atoms with E-state index in [1.54, 1.807) is 24.3 Å². The van der Waals surface area contributed by atoms with Gasteiger partial charge in [0, 0.05) is 34.8 Å². The lowest BCUT2D eigenvalue weighted by atomic mass is 10.1. The molecule has 0 aromatic heterocycles.